The number of nitrogens with one attached hydrogen (secondary N) is 2. The summed E-state index contributed by atoms with van der Waals surface area (Å²) in [6.45, 7) is 0.410. The fraction of sp³-hybridized carbons (Fsp3) is 0.0667. The third-order valence-corrected chi connectivity index (χ3v) is 2.87. The smallest absolute Gasteiger partial charge is 0.409 e. The van der Waals surface area contributed by atoms with Crippen molar-refractivity contribution < 1.29 is 14.7 Å². The summed E-state index contributed by atoms with van der Waals surface area (Å²) < 4.78 is 0. The molecule has 0 unspecified atom stereocenters. The summed E-state index contributed by atoms with van der Waals surface area (Å²) in [5, 5.41) is 13.7. The molecule has 0 aliphatic carbocycles. The molecule has 0 radical (unpaired) electrons. The predicted molar refractivity (Wildman–Crippen MR) is 80.4 cm³/mol. The number of nitrogens with two attached hydrogens (primary N) is 1. The maximum absolute atomic E-state index is 12.1. The van der Waals surface area contributed by atoms with E-state index in [0.29, 0.717) is 23.5 Å². The molecule has 0 aromatic heterocycles. The van der Waals surface area contributed by atoms with E-state index < -0.39 is 6.09 Å². The largest absolute Gasteiger partial charge is 0.465 e. The van der Waals surface area contributed by atoms with Gasteiger partial charge in [0.25, 0.3) is 5.91 Å². The second kappa shape index (κ2) is 6.53. The van der Waals surface area contributed by atoms with Gasteiger partial charge in [0, 0.05) is 12.1 Å². The molecule has 21 heavy (non-hydrogen) atoms. The van der Waals surface area contributed by atoms with Crippen molar-refractivity contribution in [2.75, 3.05) is 10.6 Å². The van der Waals surface area contributed by atoms with Crippen LogP contribution in [0.2, 0.25) is 0 Å². The SMILES string of the molecule is NCc1ccc(C(=O)Nc2ccccc2NC(=O)O)cc1. The van der Waals surface area contributed by atoms with Gasteiger partial charge in [0.1, 0.15) is 0 Å². The Bertz CT molecular complexity index is 653. The first-order chi connectivity index (χ1) is 10.1. The standard InChI is InChI=1S/C15H15N3O3/c16-9-10-5-7-11(8-6-10)14(19)17-12-3-1-2-4-13(12)18-15(20)21/h1-8,18H,9,16H2,(H,17,19)(H,20,21). The summed E-state index contributed by atoms with van der Waals surface area (Å²) in [6.07, 6.45) is -1.19. The molecule has 0 spiro atoms. The van der Waals surface area contributed by atoms with Gasteiger partial charge in [-0.3, -0.25) is 10.1 Å². The molecule has 0 aliphatic heterocycles. The molecule has 0 fully saturated rings. The third kappa shape index (κ3) is 3.80. The van der Waals surface area contributed by atoms with Crippen molar-refractivity contribution in [3.8, 4) is 0 Å². The van der Waals surface area contributed by atoms with Crippen LogP contribution < -0.4 is 16.4 Å². The highest BCUT2D eigenvalue weighted by Crippen LogP contribution is 2.21. The summed E-state index contributed by atoms with van der Waals surface area (Å²) in [7, 11) is 0. The van der Waals surface area contributed by atoms with Crippen LogP contribution in [0.1, 0.15) is 15.9 Å². The van der Waals surface area contributed by atoms with E-state index in [1.54, 1.807) is 48.5 Å². The van der Waals surface area contributed by atoms with Gasteiger partial charge in [-0.2, -0.15) is 0 Å². The van der Waals surface area contributed by atoms with Crippen LogP contribution >= 0.6 is 0 Å². The topological polar surface area (TPSA) is 104 Å². The van der Waals surface area contributed by atoms with Crippen LogP contribution in [-0.4, -0.2) is 17.1 Å². The second-order valence-corrected chi connectivity index (χ2v) is 4.33. The molecular weight excluding hydrogens is 270 g/mol. The van der Waals surface area contributed by atoms with E-state index in [9.17, 15) is 9.59 Å². The molecular formula is C15H15N3O3. The molecule has 0 aliphatic rings. The zero-order valence-corrected chi connectivity index (χ0v) is 11.2. The maximum atomic E-state index is 12.1. The molecule has 6 nitrogen and oxygen atoms in total. The molecule has 0 saturated carbocycles. The molecule has 108 valence electrons. The van der Waals surface area contributed by atoms with Crippen molar-refractivity contribution in [3.63, 3.8) is 0 Å². The monoisotopic (exact) mass is 285 g/mol. The molecule has 0 heterocycles. The fourth-order valence-corrected chi connectivity index (χ4v) is 1.80. The van der Waals surface area contributed by atoms with Gasteiger partial charge in [0.2, 0.25) is 0 Å². The van der Waals surface area contributed by atoms with E-state index in [4.69, 9.17) is 10.8 Å². The Morgan fingerprint density at radius 3 is 2.05 bits per heavy atom. The number of rotatable bonds is 4. The number of para-hydroxylation sites is 2. The normalized spacial score (nSPS) is 9.95. The Morgan fingerprint density at radius 2 is 1.52 bits per heavy atom. The van der Waals surface area contributed by atoms with E-state index in [2.05, 4.69) is 10.6 Å². The van der Waals surface area contributed by atoms with Gasteiger partial charge in [-0.1, -0.05) is 24.3 Å². The van der Waals surface area contributed by atoms with Crippen LogP contribution in [0.4, 0.5) is 16.2 Å². The van der Waals surface area contributed by atoms with Crippen molar-refractivity contribution in [1.82, 2.24) is 0 Å². The number of carbonyl (C=O) groups is 2. The van der Waals surface area contributed by atoms with Crippen molar-refractivity contribution >= 4 is 23.4 Å². The van der Waals surface area contributed by atoms with Gasteiger partial charge in [-0.25, -0.2) is 4.79 Å². The zero-order valence-electron chi connectivity index (χ0n) is 11.2. The predicted octanol–water partition coefficient (Wildman–Crippen LogP) is 2.49. The molecule has 2 aromatic rings. The van der Waals surface area contributed by atoms with Crippen LogP contribution in [0.3, 0.4) is 0 Å². The van der Waals surface area contributed by atoms with Crippen molar-refractivity contribution in [3.05, 3.63) is 59.7 Å². The molecule has 5 N–H and O–H groups in total. The molecule has 0 saturated heterocycles. The maximum Gasteiger partial charge on any atom is 0.409 e. The highest BCUT2D eigenvalue weighted by Gasteiger charge is 2.10. The van der Waals surface area contributed by atoms with E-state index in [-0.39, 0.29) is 5.91 Å². The third-order valence-electron chi connectivity index (χ3n) is 2.87. The van der Waals surface area contributed by atoms with Crippen molar-refractivity contribution in [1.29, 1.82) is 0 Å². The van der Waals surface area contributed by atoms with Gasteiger partial charge in [0.05, 0.1) is 11.4 Å². The zero-order chi connectivity index (χ0) is 15.2. The first-order valence-corrected chi connectivity index (χ1v) is 6.29. The molecule has 0 bridgehead atoms. The van der Waals surface area contributed by atoms with Gasteiger partial charge in [-0.05, 0) is 29.8 Å². The lowest BCUT2D eigenvalue weighted by Crippen LogP contribution is -2.15. The lowest BCUT2D eigenvalue weighted by atomic mass is 10.1. The first-order valence-electron chi connectivity index (χ1n) is 6.29. The second-order valence-electron chi connectivity index (χ2n) is 4.33. The highest BCUT2D eigenvalue weighted by molar-refractivity contribution is 6.06. The Hall–Kier alpha value is -2.86. The molecule has 0 atom stereocenters. The van der Waals surface area contributed by atoms with Crippen LogP contribution in [0, 0.1) is 0 Å². The number of carbonyl (C=O) groups excluding carboxylic acids is 1. The fourth-order valence-electron chi connectivity index (χ4n) is 1.80. The Morgan fingerprint density at radius 1 is 0.952 bits per heavy atom. The average Bonchev–Trinajstić information content (AvgIpc) is 2.49. The minimum atomic E-state index is -1.19. The van der Waals surface area contributed by atoms with Crippen LogP contribution in [0.15, 0.2) is 48.5 Å². The summed E-state index contributed by atoms with van der Waals surface area (Å²) in [4.78, 5) is 22.8. The number of carboxylic acid groups (broad SMARTS) is 1. The van der Waals surface area contributed by atoms with Crippen LogP contribution in [0.25, 0.3) is 0 Å². The summed E-state index contributed by atoms with van der Waals surface area (Å²) in [5.41, 5.74) is 7.61. The molecule has 6 heteroatoms. The van der Waals surface area contributed by atoms with E-state index in [0.717, 1.165) is 5.56 Å². The number of amides is 2. The summed E-state index contributed by atoms with van der Waals surface area (Å²) in [6, 6.07) is 13.5. The van der Waals surface area contributed by atoms with Crippen molar-refractivity contribution in [2.24, 2.45) is 5.73 Å². The minimum absolute atomic E-state index is 0.317. The van der Waals surface area contributed by atoms with Crippen LogP contribution in [0.5, 0.6) is 0 Å². The van der Waals surface area contributed by atoms with Crippen LogP contribution in [-0.2, 0) is 6.54 Å². The summed E-state index contributed by atoms with van der Waals surface area (Å²) in [5.74, 6) is -0.321. The van der Waals surface area contributed by atoms with E-state index in [1.807, 2.05) is 0 Å². The van der Waals surface area contributed by atoms with Gasteiger partial charge >= 0.3 is 6.09 Å². The van der Waals surface area contributed by atoms with Gasteiger partial charge < -0.3 is 16.2 Å². The quantitative estimate of drug-likeness (QED) is 0.692. The molecule has 2 aromatic carbocycles. The van der Waals surface area contributed by atoms with E-state index >= 15 is 0 Å². The average molecular weight is 285 g/mol. The number of hydrogen-bond acceptors (Lipinski definition) is 3. The Balaban J connectivity index is 2.17. The number of benzene rings is 2. The molecule has 2 amide bonds. The van der Waals surface area contributed by atoms with Gasteiger partial charge in [0.15, 0.2) is 0 Å². The minimum Gasteiger partial charge on any atom is -0.465 e. The molecule has 2 rings (SSSR count). The summed E-state index contributed by atoms with van der Waals surface area (Å²) >= 11 is 0. The van der Waals surface area contributed by atoms with Crippen molar-refractivity contribution in [2.45, 2.75) is 6.54 Å². The highest BCUT2D eigenvalue weighted by atomic mass is 16.4. The number of anilines is 2. The lowest BCUT2D eigenvalue weighted by molar-refractivity contribution is 0.102. The Kier molecular flexibility index (Phi) is 4.53. The van der Waals surface area contributed by atoms with E-state index in [1.165, 1.54) is 0 Å². The van der Waals surface area contributed by atoms with Gasteiger partial charge in [-0.15, -0.1) is 0 Å². The Labute approximate surface area is 121 Å². The lowest BCUT2D eigenvalue weighted by Gasteiger charge is -2.10. The number of hydrogen-bond donors (Lipinski definition) is 4. The first kappa shape index (κ1) is 14.5.